The molecular formula is C25H19N3OS. The quantitative estimate of drug-likeness (QED) is 0.379. The average Bonchev–Trinajstić information content (AvgIpc) is 3.45. The highest BCUT2D eigenvalue weighted by Gasteiger charge is 2.09. The Morgan fingerprint density at radius 1 is 0.933 bits per heavy atom. The Morgan fingerprint density at radius 2 is 1.70 bits per heavy atom. The van der Waals surface area contributed by atoms with Crippen LogP contribution in [0.4, 0.5) is 5.69 Å². The van der Waals surface area contributed by atoms with Crippen molar-refractivity contribution in [3.63, 3.8) is 0 Å². The zero-order valence-corrected chi connectivity index (χ0v) is 17.2. The van der Waals surface area contributed by atoms with E-state index in [1.54, 1.807) is 11.3 Å². The number of imidazole rings is 1. The fourth-order valence-electron chi connectivity index (χ4n) is 3.45. The van der Waals surface area contributed by atoms with Crippen LogP contribution in [0.25, 0.3) is 27.3 Å². The topological polar surface area (TPSA) is 46.4 Å². The van der Waals surface area contributed by atoms with Gasteiger partial charge < -0.3 is 9.72 Å². The number of aryl methyl sites for hydroxylation is 1. The fourth-order valence-corrected chi connectivity index (χ4v) is 4.18. The van der Waals surface area contributed by atoms with E-state index in [-0.39, 0.29) is 5.91 Å². The van der Waals surface area contributed by atoms with Crippen LogP contribution < -0.4 is 5.32 Å². The molecular weight excluding hydrogens is 390 g/mol. The van der Waals surface area contributed by atoms with Crippen LogP contribution in [0, 0.1) is 6.92 Å². The molecule has 2 aromatic carbocycles. The molecule has 3 heterocycles. The number of pyridine rings is 1. The Bertz CT molecular complexity index is 1320. The minimum absolute atomic E-state index is 0.121. The molecule has 0 radical (unpaired) electrons. The highest BCUT2D eigenvalue weighted by molar-refractivity contribution is 7.13. The van der Waals surface area contributed by atoms with Crippen molar-refractivity contribution < 1.29 is 4.79 Å². The van der Waals surface area contributed by atoms with E-state index in [0.717, 1.165) is 33.7 Å². The van der Waals surface area contributed by atoms with Gasteiger partial charge in [0, 0.05) is 34.1 Å². The first-order chi connectivity index (χ1) is 14.7. The maximum absolute atomic E-state index is 12.6. The Balaban J connectivity index is 1.31. The van der Waals surface area contributed by atoms with Gasteiger partial charge in [0.1, 0.15) is 5.65 Å². The summed E-state index contributed by atoms with van der Waals surface area (Å²) < 4.78 is 2.03. The van der Waals surface area contributed by atoms with E-state index in [2.05, 4.69) is 24.4 Å². The zero-order chi connectivity index (χ0) is 20.5. The first-order valence-corrected chi connectivity index (χ1v) is 10.6. The lowest BCUT2D eigenvalue weighted by Gasteiger charge is -2.07. The van der Waals surface area contributed by atoms with Gasteiger partial charge in [-0.3, -0.25) is 4.79 Å². The average molecular weight is 410 g/mol. The lowest BCUT2D eigenvalue weighted by atomic mass is 10.1. The van der Waals surface area contributed by atoms with Gasteiger partial charge >= 0.3 is 0 Å². The van der Waals surface area contributed by atoms with E-state index in [1.807, 2.05) is 82.8 Å². The van der Waals surface area contributed by atoms with Gasteiger partial charge in [-0.1, -0.05) is 36.4 Å². The molecule has 0 bridgehead atoms. The summed E-state index contributed by atoms with van der Waals surface area (Å²) in [5, 5.41) is 5.01. The van der Waals surface area contributed by atoms with Crippen molar-refractivity contribution in [1.29, 1.82) is 0 Å². The van der Waals surface area contributed by atoms with E-state index < -0.39 is 0 Å². The lowest BCUT2D eigenvalue weighted by molar-refractivity contribution is 0.102. The molecule has 0 saturated heterocycles. The maximum Gasteiger partial charge on any atom is 0.255 e. The van der Waals surface area contributed by atoms with Crippen LogP contribution >= 0.6 is 11.3 Å². The van der Waals surface area contributed by atoms with Gasteiger partial charge in [0.2, 0.25) is 0 Å². The molecule has 0 spiro atoms. The highest BCUT2D eigenvalue weighted by atomic mass is 32.1. The number of rotatable bonds is 4. The molecule has 0 saturated carbocycles. The van der Waals surface area contributed by atoms with Gasteiger partial charge in [-0.2, -0.15) is 0 Å². The number of anilines is 1. The van der Waals surface area contributed by atoms with Crippen molar-refractivity contribution in [2.45, 2.75) is 6.92 Å². The standard InChI is InChI=1S/C25H19N3OS/c1-17-4-2-14-28-16-22(27-24(17)28)18-10-12-21(13-11-18)26-25(29)20-8-6-19(7-9-20)23-5-3-15-30-23/h2-16H,1H3,(H,26,29). The SMILES string of the molecule is Cc1cccn2cc(-c3ccc(NC(=O)c4ccc(-c5cccs5)cc4)cc3)nc12. The lowest BCUT2D eigenvalue weighted by Crippen LogP contribution is -2.11. The number of nitrogens with one attached hydrogen (secondary N) is 1. The molecule has 0 fully saturated rings. The molecule has 0 aliphatic carbocycles. The van der Waals surface area contributed by atoms with Gasteiger partial charge in [0.05, 0.1) is 5.69 Å². The third kappa shape index (κ3) is 3.51. The van der Waals surface area contributed by atoms with Gasteiger partial charge in [-0.15, -0.1) is 11.3 Å². The first-order valence-electron chi connectivity index (χ1n) is 9.67. The van der Waals surface area contributed by atoms with Gasteiger partial charge in [-0.05, 0) is 59.8 Å². The number of hydrogen-bond acceptors (Lipinski definition) is 3. The predicted molar refractivity (Wildman–Crippen MR) is 123 cm³/mol. The van der Waals surface area contributed by atoms with Crippen molar-refractivity contribution in [3.05, 3.63) is 102 Å². The van der Waals surface area contributed by atoms with Crippen molar-refractivity contribution in [1.82, 2.24) is 9.38 Å². The smallest absolute Gasteiger partial charge is 0.255 e. The summed E-state index contributed by atoms with van der Waals surface area (Å²) in [6, 6.07) is 23.6. The molecule has 4 nitrogen and oxygen atoms in total. The van der Waals surface area contributed by atoms with Crippen molar-refractivity contribution in [2.24, 2.45) is 0 Å². The van der Waals surface area contributed by atoms with Crippen LogP contribution in [0.1, 0.15) is 15.9 Å². The second kappa shape index (κ2) is 7.61. The molecule has 0 atom stereocenters. The van der Waals surface area contributed by atoms with E-state index in [9.17, 15) is 4.79 Å². The predicted octanol–water partition coefficient (Wildman–Crippen LogP) is 6.29. The van der Waals surface area contributed by atoms with E-state index in [4.69, 9.17) is 4.98 Å². The number of benzene rings is 2. The first kappa shape index (κ1) is 18.3. The number of hydrogen-bond donors (Lipinski definition) is 1. The molecule has 1 N–H and O–H groups in total. The Labute approximate surface area is 178 Å². The molecule has 146 valence electrons. The van der Waals surface area contributed by atoms with Crippen LogP contribution in [-0.4, -0.2) is 15.3 Å². The number of nitrogens with zero attached hydrogens (tertiary/aromatic N) is 2. The second-order valence-corrected chi connectivity index (χ2v) is 8.08. The van der Waals surface area contributed by atoms with Crippen molar-refractivity contribution in [2.75, 3.05) is 5.32 Å². The molecule has 5 aromatic rings. The van der Waals surface area contributed by atoms with Gasteiger partial charge in [0.25, 0.3) is 5.91 Å². The van der Waals surface area contributed by atoms with Crippen molar-refractivity contribution >= 4 is 28.6 Å². The number of amides is 1. The van der Waals surface area contributed by atoms with Crippen LogP contribution in [0.2, 0.25) is 0 Å². The molecule has 3 aromatic heterocycles. The Morgan fingerprint density at radius 3 is 2.40 bits per heavy atom. The summed E-state index contributed by atoms with van der Waals surface area (Å²) in [5.74, 6) is -0.121. The van der Waals surface area contributed by atoms with Gasteiger partial charge in [-0.25, -0.2) is 4.98 Å². The minimum Gasteiger partial charge on any atom is -0.322 e. The minimum atomic E-state index is -0.121. The third-order valence-electron chi connectivity index (χ3n) is 5.07. The molecule has 0 unspecified atom stereocenters. The number of thiophene rings is 1. The van der Waals surface area contributed by atoms with Crippen molar-refractivity contribution in [3.8, 4) is 21.7 Å². The molecule has 0 aliphatic rings. The summed E-state index contributed by atoms with van der Waals surface area (Å²) in [5.41, 5.74) is 6.52. The summed E-state index contributed by atoms with van der Waals surface area (Å²) >= 11 is 1.69. The number of fused-ring (bicyclic) bond motifs is 1. The molecule has 5 rings (SSSR count). The van der Waals surface area contributed by atoms with Crippen LogP contribution in [0.15, 0.2) is 90.6 Å². The monoisotopic (exact) mass is 409 g/mol. The molecule has 30 heavy (non-hydrogen) atoms. The third-order valence-corrected chi connectivity index (χ3v) is 5.99. The summed E-state index contributed by atoms with van der Waals surface area (Å²) in [6.07, 6.45) is 4.02. The fraction of sp³-hybridized carbons (Fsp3) is 0.0400. The molecule has 5 heteroatoms. The van der Waals surface area contributed by atoms with Crippen LogP contribution in [0.5, 0.6) is 0 Å². The Kier molecular flexibility index (Phi) is 4.65. The highest BCUT2D eigenvalue weighted by Crippen LogP contribution is 2.25. The van der Waals surface area contributed by atoms with Crippen LogP contribution in [-0.2, 0) is 0 Å². The van der Waals surface area contributed by atoms with E-state index in [1.165, 1.54) is 4.88 Å². The zero-order valence-electron chi connectivity index (χ0n) is 16.4. The normalized spacial score (nSPS) is 11.0. The van der Waals surface area contributed by atoms with E-state index >= 15 is 0 Å². The van der Waals surface area contributed by atoms with Crippen LogP contribution in [0.3, 0.4) is 0 Å². The number of carbonyl (C=O) groups is 1. The summed E-state index contributed by atoms with van der Waals surface area (Å²) in [4.78, 5) is 18.5. The molecule has 0 aliphatic heterocycles. The Hall–Kier alpha value is -3.70. The second-order valence-electron chi connectivity index (χ2n) is 7.13. The maximum atomic E-state index is 12.6. The van der Waals surface area contributed by atoms with E-state index in [0.29, 0.717) is 5.56 Å². The number of carbonyl (C=O) groups excluding carboxylic acids is 1. The molecule has 1 amide bonds. The van der Waals surface area contributed by atoms with Gasteiger partial charge in [0.15, 0.2) is 0 Å². The summed E-state index contributed by atoms with van der Waals surface area (Å²) in [7, 11) is 0. The number of aromatic nitrogens is 2. The largest absolute Gasteiger partial charge is 0.322 e. The summed E-state index contributed by atoms with van der Waals surface area (Å²) in [6.45, 7) is 2.05.